The third-order valence-electron chi connectivity index (χ3n) is 2.23. The average molecular weight is 276 g/mol. The fourth-order valence-electron chi connectivity index (χ4n) is 1.45. The normalized spacial score (nSPS) is 12.3. The highest BCUT2D eigenvalue weighted by molar-refractivity contribution is 7.89. The fourth-order valence-corrected chi connectivity index (χ4v) is 4.08. The van der Waals surface area contributed by atoms with Gasteiger partial charge in [-0.3, -0.25) is 0 Å². The highest BCUT2D eigenvalue weighted by Crippen LogP contribution is 2.25. The molecule has 1 aromatic heterocycles. The maximum Gasteiger partial charge on any atom is 0.241 e. The molecule has 1 rings (SSSR count). The van der Waals surface area contributed by atoms with E-state index in [4.69, 9.17) is 0 Å². The molecular weight excluding hydrogens is 256 g/mol. The summed E-state index contributed by atoms with van der Waals surface area (Å²) in [6, 6.07) is 2.15. The Balaban J connectivity index is 2.89. The van der Waals surface area contributed by atoms with Gasteiger partial charge in [0.1, 0.15) is 0 Å². The molecule has 0 aliphatic rings. The Morgan fingerprint density at radius 3 is 2.59 bits per heavy atom. The topological polar surface area (TPSA) is 58.2 Å². The zero-order valence-corrected chi connectivity index (χ0v) is 12.3. The number of thiophene rings is 1. The standard InChI is InChI=1S/C11H20N2O2S2/c1-5-13-17(14,15)11-6-10(16-9(11)4)7-12-8(2)3/h6,8,12-13H,5,7H2,1-4H3. The summed E-state index contributed by atoms with van der Waals surface area (Å²) in [5, 5.41) is 3.28. The predicted octanol–water partition coefficient (Wildman–Crippen LogP) is 1.85. The Kier molecular flexibility index (Phi) is 5.12. The molecule has 0 spiro atoms. The van der Waals surface area contributed by atoms with Gasteiger partial charge in [0.15, 0.2) is 0 Å². The molecule has 0 radical (unpaired) electrons. The molecule has 0 atom stereocenters. The van der Waals surface area contributed by atoms with Crippen molar-refractivity contribution in [3.8, 4) is 0 Å². The number of hydrogen-bond acceptors (Lipinski definition) is 4. The van der Waals surface area contributed by atoms with Gasteiger partial charge < -0.3 is 5.32 Å². The summed E-state index contributed by atoms with van der Waals surface area (Å²) in [7, 11) is -3.33. The molecule has 98 valence electrons. The molecule has 0 unspecified atom stereocenters. The SMILES string of the molecule is CCNS(=O)(=O)c1cc(CNC(C)C)sc1C. The Labute approximate surface area is 107 Å². The van der Waals surface area contributed by atoms with Gasteiger partial charge in [-0.1, -0.05) is 20.8 Å². The van der Waals surface area contributed by atoms with E-state index in [-0.39, 0.29) is 0 Å². The van der Waals surface area contributed by atoms with Crippen molar-refractivity contribution in [1.29, 1.82) is 0 Å². The van der Waals surface area contributed by atoms with Crippen molar-refractivity contribution in [3.05, 3.63) is 15.8 Å². The van der Waals surface area contributed by atoms with Gasteiger partial charge in [0.25, 0.3) is 0 Å². The first-order valence-electron chi connectivity index (χ1n) is 5.69. The van der Waals surface area contributed by atoms with E-state index in [2.05, 4.69) is 23.9 Å². The van der Waals surface area contributed by atoms with E-state index in [0.717, 1.165) is 9.75 Å². The number of aryl methyl sites for hydroxylation is 1. The van der Waals surface area contributed by atoms with Gasteiger partial charge in [0.2, 0.25) is 10.0 Å². The van der Waals surface area contributed by atoms with Crippen LogP contribution in [0.25, 0.3) is 0 Å². The molecule has 0 fully saturated rings. The van der Waals surface area contributed by atoms with E-state index in [0.29, 0.717) is 24.0 Å². The van der Waals surface area contributed by atoms with Crippen LogP contribution in [0, 0.1) is 6.92 Å². The third kappa shape index (κ3) is 4.06. The summed E-state index contributed by atoms with van der Waals surface area (Å²) in [5.74, 6) is 0. The molecule has 4 nitrogen and oxygen atoms in total. The Morgan fingerprint density at radius 1 is 1.41 bits per heavy atom. The Bertz CT molecular complexity index is 464. The second-order valence-corrected chi connectivity index (χ2v) is 7.25. The third-order valence-corrected chi connectivity index (χ3v) is 5.08. The molecule has 0 aliphatic carbocycles. The maximum atomic E-state index is 11.9. The van der Waals surface area contributed by atoms with Crippen LogP contribution in [-0.4, -0.2) is 21.0 Å². The van der Waals surface area contributed by atoms with Crippen molar-refractivity contribution in [2.75, 3.05) is 6.54 Å². The largest absolute Gasteiger partial charge is 0.310 e. The lowest BCUT2D eigenvalue weighted by molar-refractivity contribution is 0.582. The van der Waals surface area contributed by atoms with E-state index >= 15 is 0 Å². The number of sulfonamides is 1. The van der Waals surface area contributed by atoms with Crippen LogP contribution in [0.4, 0.5) is 0 Å². The zero-order valence-electron chi connectivity index (χ0n) is 10.7. The van der Waals surface area contributed by atoms with Crippen LogP contribution in [0.3, 0.4) is 0 Å². The minimum absolute atomic E-state index is 0.395. The van der Waals surface area contributed by atoms with Gasteiger partial charge in [-0.2, -0.15) is 0 Å². The van der Waals surface area contributed by atoms with Crippen LogP contribution in [0.1, 0.15) is 30.5 Å². The van der Waals surface area contributed by atoms with E-state index in [1.54, 1.807) is 13.0 Å². The lowest BCUT2D eigenvalue weighted by atomic mass is 10.3. The van der Waals surface area contributed by atoms with E-state index in [1.807, 2.05) is 6.92 Å². The second-order valence-electron chi connectivity index (χ2n) is 4.17. The number of rotatable bonds is 6. The molecule has 0 bridgehead atoms. The van der Waals surface area contributed by atoms with Crippen molar-refractivity contribution in [2.45, 2.75) is 45.2 Å². The van der Waals surface area contributed by atoms with Crippen molar-refractivity contribution >= 4 is 21.4 Å². The monoisotopic (exact) mass is 276 g/mol. The number of nitrogens with one attached hydrogen (secondary N) is 2. The molecule has 0 amide bonds. The molecule has 17 heavy (non-hydrogen) atoms. The van der Waals surface area contributed by atoms with Crippen LogP contribution in [0.15, 0.2) is 11.0 Å². The van der Waals surface area contributed by atoms with Gasteiger partial charge in [0.05, 0.1) is 4.90 Å². The molecule has 0 saturated carbocycles. The first-order valence-corrected chi connectivity index (χ1v) is 7.99. The first kappa shape index (κ1) is 14.6. The van der Waals surface area contributed by atoms with Crippen LogP contribution in [-0.2, 0) is 16.6 Å². The van der Waals surface area contributed by atoms with Gasteiger partial charge >= 0.3 is 0 Å². The molecular formula is C11H20N2O2S2. The molecule has 2 N–H and O–H groups in total. The minimum Gasteiger partial charge on any atom is -0.310 e. The molecule has 1 aromatic rings. The van der Waals surface area contributed by atoms with Gasteiger partial charge in [-0.15, -0.1) is 11.3 Å². The summed E-state index contributed by atoms with van der Waals surface area (Å²) < 4.78 is 26.3. The summed E-state index contributed by atoms with van der Waals surface area (Å²) in [6.45, 7) is 8.88. The lowest BCUT2D eigenvalue weighted by Gasteiger charge is -2.05. The highest BCUT2D eigenvalue weighted by atomic mass is 32.2. The summed E-state index contributed by atoms with van der Waals surface area (Å²) >= 11 is 1.53. The maximum absolute atomic E-state index is 11.9. The summed E-state index contributed by atoms with van der Waals surface area (Å²) in [5.41, 5.74) is 0. The Hall–Kier alpha value is -0.430. The molecule has 0 aromatic carbocycles. The van der Waals surface area contributed by atoms with E-state index in [1.165, 1.54) is 11.3 Å². The fraction of sp³-hybridized carbons (Fsp3) is 0.636. The first-order chi connectivity index (χ1) is 7.86. The van der Waals surface area contributed by atoms with Crippen LogP contribution < -0.4 is 10.0 Å². The Morgan fingerprint density at radius 2 is 2.06 bits per heavy atom. The van der Waals surface area contributed by atoms with Crippen molar-refractivity contribution in [2.24, 2.45) is 0 Å². The highest BCUT2D eigenvalue weighted by Gasteiger charge is 2.18. The quantitative estimate of drug-likeness (QED) is 0.833. The van der Waals surface area contributed by atoms with E-state index < -0.39 is 10.0 Å². The average Bonchev–Trinajstić information content (AvgIpc) is 2.57. The van der Waals surface area contributed by atoms with Crippen LogP contribution in [0.5, 0.6) is 0 Å². The van der Waals surface area contributed by atoms with Gasteiger partial charge in [-0.25, -0.2) is 13.1 Å². The second kappa shape index (κ2) is 5.95. The molecule has 1 heterocycles. The van der Waals surface area contributed by atoms with Crippen molar-refractivity contribution < 1.29 is 8.42 Å². The molecule has 0 aliphatic heterocycles. The predicted molar refractivity (Wildman–Crippen MR) is 71.9 cm³/mol. The van der Waals surface area contributed by atoms with Crippen molar-refractivity contribution in [1.82, 2.24) is 10.0 Å². The van der Waals surface area contributed by atoms with Crippen LogP contribution in [0.2, 0.25) is 0 Å². The van der Waals surface area contributed by atoms with Gasteiger partial charge in [0, 0.05) is 28.9 Å². The molecule has 6 heteroatoms. The zero-order chi connectivity index (χ0) is 13.1. The summed E-state index contributed by atoms with van der Waals surface area (Å²) in [6.07, 6.45) is 0. The molecule has 0 saturated heterocycles. The lowest BCUT2D eigenvalue weighted by Crippen LogP contribution is -2.23. The number of hydrogen-bond donors (Lipinski definition) is 2. The smallest absolute Gasteiger partial charge is 0.241 e. The van der Waals surface area contributed by atoms with Gasteiger partial charge in [-0.05, 0) is 13.0 Å². The van der Waals surface area contributed by atoms with Crippen molar-refractivity contribution in [3.63, 3.8) is 0 Å². The minimum atomic E-state index is -3.33. The van der Waals surface area contributed by atoms with Crippen LogP contribution >= 0.6 is 11.3 Å². The van der Waals surface area contributed by atoms with E-state index in [9.17, 15) is 8.42 Å². The summed E-state index contributed by atoms with van der Waals surface area (Å²) in [4.78, 5) is 2.30.